The number of primary amides is 1. The third kappa shape index (κ3) is 4.11. The first-order valence-electron chi connectivity index (χ1n) is 7.74. The highest BCUT2D eigenvalue weighted by atomic mass is 35.5. The molecular weight excluding hydrogens is 300 g/mol. The minimum Gasteiger partial charge on any atom is -0.367 e. The van der Waals surface area contributed by atoms with Crippen LogP contribution in [0.2, 0.25) is 5.02 Å². The molecule has 6 heteroatoms. The van der Waals surface area contributed by atoms with Crippen LogP contribution in [-0.2, 0) is 0 Å². The van der Waals surface area contributed by atoms with E-state index in [9.17, 15) is 4.79 Å². The van der Waals surface area contributed by atoms with Crippen LogP contribution in [0, 0.1) is 5.92 Å². The van der Waals surface area contributed by atoms with Gasteiger partial charge in [0.2, 0.25) is 5.91 Å². The van der Waals surface area contributed by atoms with E-state index < -0.39 is 5.91 Å². The maximum Gasteiger partial charge on any atom is 0.250 e. The van der Waals surface area contributed by atoms with E-state index in [1.165, 1.54) is 19.0 Å². The number of rotatable bonds is 5. The zero-order chi connectivity index (χ0) is 16.3. The van der Waals surface area contributed by atoms with Crippen molar-refractivity contribution in [3.05, 3.63) is 22.8 Å². The van der Waals surface area contributed by atoms with Crippen molar-refractivity contribution in [2.45, 2.75) is 39.2 Å². The van der Waals surface area contributed by atoms with E-state index >= 15 is 0 Å². The van der Waals surface area contributed by atoms with Gasteiger partial charge in [0.1, 0.15) is 5.82 Å². The molecule has 1 saturated heterocycles. The Morgan fingerprint density at radius 1 is 1.59 bits per heavy atom. The van der Waals surface area contributed by atoms with Crippen molar-refractivity contribution < 1.29 is 4.79 Å². The number of halogens is 1. The smallest absolute Gasteiger partial charge is 0.250 e. The molecule has 1 aromatic rings. The predicted octanol–water partition coefficient (Wildman–Crippen LogP) is 2.76. The minimum atomic E-state index is -0.524. The monoisotopic (exact) mass is 324 g/mol. The summed E-state index contributed by atoms with van der Waals surface area (Å²) < 4.78 is 0. The Morgan fingerprint density at radius 3 is 2.91 bits per heavy atom. The minimum absolute atomic E-state index is 0.0159. The quantitative estimate of drug-likeness (QED) is 0.873. The summed E-state index contributed by atoms with van der Waals surface area (Å²) in [5.74, 6) is 0.804. The number of piperidine rings is 1. The largest absolute Gasteiger partial charge is 0.367 e. The molecule has 0 radical (unpaired) electrons. The molecule has 2 heterocycles. The van der Waals surface area contributed by atoms with E-state index in [0.29, 0.717) is 16.4 Å². The lowest BCUT2D eigenvalue weighted by Gasteiger charge is -2.43. The van der Waals surface area contributed by atoms with Gasteiger partial charge in [-0.05, 0) is 45.2 Å². The summed E-state index contributed by atoms with van der Waals surface area (Å²) in [6.07, 6.45) is 4.01. The molecule has 0 saturated carbocycles. The summed E-state index contributed by atoms with van der Waals surface area (Å²) in [6.45, 7) is 9.74. The maximum absolute atomic E-state index is 11.1. The van der Waals surface area contributed by atoms with Crippen molar-refractivity contribution in [2.75, 3.05) is 25.0 Å². The molecule has 0 spiro atoms. The lowest BCUT2D eigenvalue weighted by atomic mass is 9.93. The fourth-order valence-corrected chi connectivity index (χ4v) is 3.09. The van der Waals surface area contributed by atoms with Gasteiger partial charge in [-0.15, -0.1) is 0 Å². The van der Waals surface area contributed by atoms with Gasteiger partial charge in [0.05, 0.1) is 10.6 Å². The number of likely N-dealkylation sites (tertiary alicyclic amines) is 1. The molecule has 0 bridgehead atoms. The highest BCUT2D eigenvalue weighted by molar-refractivity contribution is 6.33. The molecule has 1 aromatic heterocycles. The van der Waals surface area contributed by atoms with Crippen LogP contribution < -0.4 is 11.1 Å². The molecular formula is C16H25ClN4O. The van der Waals surface area contributed by atoms with E-state index in [4.69, 9.17) is 17.3 Å². The molecule has 1 fully saturated rings. The lowest BCUT2D eigenvalue weighted by Crippen LogP contribution is -2.52. The molecule has 2 rings (SSSR count). The third-order valence-corrected chi connectivity index (χ3v) is 4.62. The molecule has 0 aromatic carbocycles. The summed E-state index contributed by atoms with van der Waals surface area (Å²) in [6, 6.07) is 1.55. The second kappa shape index (κ2) is 6.84. The Balaban J connectivity index is 2.00. The van der Waals surface area contributed by atoms with Crippen molar-refractivity contribution in [1.82, 2.24) is 9.88 Å². The van der Waals surface area contributed by atoms with Gasteiger partial charge in [0.25, 0.3) is 0 Å². The number of nitrogens with one attached hydrogen (secondary N) is 1. The number of hydrogen-bond acceptors (Lipinski definition) is 4. The van der Waals surface area contributed by atoms with Gasteiger partial charge < -0.3 is 11.1 Å². The number of anilines is 1. The number of carbonyl (C=O) groups excluding carboxylic acids is 1. The molecule has 122 valence electrons. The topological polar surface area (TPSA) is 71.2 Å². The molecule has 5 nitrogen and oxygen atoms in total. The first kappa shape index (κ1) is 17.0. The highest BCUT2D eigenvalue weighted by Gasteiger charge is 2.30. The van der Waals surface area contributed by atoms with E-state index in [1.807, 2.05) is 0 Å². The Morgan fingerprint density at radius 2 is 2.32 bits per heavy atom. The summed E-state index contributed by atoms with van der Waals surface area (Å²) in [5, 5.41) is 3.71. The van der Waals surface area contributed by atoms with Crippen molar-refractivity contribution in [2.24, 2.45) is 11.7 Å². The van der Waals surface area contributed by atoms with Crippen molar-refractivity contribution >= 4 is 23.3 Å². The Bertz CT molecular complexity index is 547. The van der Waals surface area contributed by atoms with Crippen LogP contribution in [0.25, 0.3) is 0 Å². The number of pyridine rings is 1. The van der Waals surface area contributed by atoms with E-state index in [-0.39, 0.29) is 5.54 Å². The Hall–Kier alpha value is -1.33. The van der Waals surface area contributed by atoms with E-state index in [2.05, 4.69) is 36.0 Å². The van der Waals surface area contributed by atoms with Gasteiger partial charge in [-0.1, -0.05) is 18.5 Å². The van der Waals surface area contributed by atoms with Gasteiger partial charge >= 0.3 is 0 Å². The van der Waals surface area contributed by atoms with Crippen LogP contribution in [0.3, 0.4) is 0 Å². The van der Waals surface area contributed by atoms with Gasteiger partial charge in [-0.2, -0.15) is 0 Å². The molecule has 1 aliphatic rings. The van der Waals surface area contributed by atoms with E-state index in [0.717, 1.165) is 25.6 Å². The summed E-state index contributed by atoms with van der Waals surface area (Å²) in [4.78, 5) is 17.8. The number of nitrogens with zero attached hydrogens (tertiary/aromatic N) is 2. The molecule has 1 atom stereocenters. The molecule has 0 aliphatic carbocycles. The fraction of sp³-hybridized carbons (Fsp3) is 0.625. The van der Waals surface area contributed by atoms with E-state index in [1.54, 1.807) is 6.07 Å². The zero-order valence-electron chi connectivity index (χ0n) is 13.5. The van der Waals surface area contributed by atoms with Crippen molar-refractivity contribution in [3.8, 4) is 0 Å². The Kier molecular flexibility index (Phi) is 5.29. The highest BCUT2D eigenvalue weighted by Crippen LogP contribution is 2.26. The zero-order valence-corrected chi connectivity index (χ0v) is 14.3. The van der Waals surface area contributed by atoms with Crippen LogP contribution in [0.15, 0.2) is 12.3 Å². The van der Waals surface area contributed by atoms with Gasteiger partial charge in [-0.25, -0.2) is 4.98 Å². The van der Waals surface area contributed by atoms with Gasteiger partial charge in [-0.3, -0.25) is 9.69 Å². The Labute approximate surface area is 137 Å². The number of aromatic nitrogens is 1. The van der Waals surface area contributed by atoms with Crippen LogP contribution >= 0.6 is 11.6 Å². The molecule has 22 heavy (non-hydrogen) atoms. The lowest BCUT2D eigenvalue weighted by molar-refractivity contribution is 0.0800. The normalized spacial score (nSPS) is 19.9. The molecule has 1 unspecified atom stereocenters. The van der Waals surface area contributed by atoms with Crippen LogP contribution in [0.4, 0.5) is 5.82 Å². The predicted molar refractivity (Wildman–Crippen MR) is 90.3 cm³/mol. The standard InChI is InChI=1S/C16H25ClN4O/c1-11-5-4-6-21(9-11)16(2,3)10-20-15-13(17)7-12(8-19-15)14(18)22/h7-8,11H,4-6,9-10H2,1-3H3,(H2,18,22)(H,19,20). The maximum atomic E-state index is 11.1. The van der Waals surface area contributed by atoms with Crippen LogP contribution in [0.1, 0.15) is 44.0 Å². The van der Waals surface area contributed by atoms with Crippen molar-refractivity contribution in [1.29, 1.82) is 0 Å². The van der Waals surface area contributed by atoms with Gasteiger partial charge in [0, 0.05) is 24.8 Å². The molecule has 1 amide bonds. The third-order valence-electron chi connectivity index (χ3n) is 4.33. The summed E-state index contributed by atoms with van der Waals surface area (Å²) in [7, 11) is 0. The second-order valence-electron chi connectivity index (χ2n) is 6.78. The molecule has 3 N–H and O–H groups in total. The second-order valence-corrected chi connectivity index (χ2v) is 7.19. The van der Waals surface area contributed by atoms with Crippen molar-refractivity contribution in [3.63, 3.8) is 0 Å². The van der Waals surface area contributed by atoms with Crippen LogP contribution in [-0.4, -0.2) is 41.0 Å². The first-order chi connectivity index (χ1) is 10.3. The fourth-order valence-electron chi connectivity index (χ4n) is 2.85. The number of amides is 1. The summed E-state index contributed by atoms with van der Waals surface area (Å²) >= 11 is 6.16. The SMILES string of the molecule is CC1CCCN(C(C)(C)CNc2ncc(C(N)=O)cc2Cl)C1. The van der Waals surface area contributed by atoms with Crippen LogP contribution in [0.5, 0.6) is 0 Å². The number of hydrogen-bond donors (Lipinski definition) is 2. The first-order valence-corrected chi connectivity index (χ1v) is 8.11. The average Bonchev–Trinajstić information content (AvgIpc) is 2.46. The number of nitrogens with two attached hydrogens (primary N) is 1. The van der Waals surface area contributed by atoms with Gasteiger partial charge in [0.15, 0.2) is 0 Å². The number of carbonyl (C=O) groups is 1. The molecule has 1 aliphatic heterocycles. The summed E-state index contributed by atoms with van der Waals surface area (Å²) in [5.41, 5.74) is 5.56. The average molecular weight is 325 g/mol.